The molecule has 0 unspecified atom stereocenters. The van der Waals surface area contributed by atoms with E-state index >= 15 is 0 Å². The van der Waals surface area contributed by atoms with Crippen molar-refractivity contribution in [3.63, 3.8) is 0 Å². The molecule has 1 aromatic heterocycles. The van der Waals surface area contributed by atoms with Crippen LogP contribution in [0.15, 0.2) is 82.4 Å². The molecule has 0 aliphatic heterocycles. The van der Waals surface area contributed by atoms with Gasteiger partial charge in [-0.25, -0.2) is 0 Å². The summed E-state index contributed by atoms with van der Waals surface area (Å²) < 4.78 is 8.01. The summed E-state index contributed by atoms with van der Waals surface area (Å²) in [5.74, 6) is 1.44. The highest BCUT2D eigenvalue weighted by Crippen LogP contribution is 2.30. The van der Waals surface area contributed by atoms with Crippen molar-refractivity contribution < 1.29 is 9.53 Å². The number of thioether (sulfide) groups is 1. The van der Waals surface area contributed by atoms with Crippen LogP contribution >= 0.6 is 39.3 Å². The number of para-hydroxylation sites is 1. The van der Waals surface area contributed by atoms with Crippen LogP contribution < -0.4 is 10.1 Å². The Balaban J connectivity index is 1.61. The lowest BCUT2D eigenvalue weighted by atomic mass is 10.2. The first kappa shape index (κ1) is 22.4. The maximum atomic E-state index is 12.5. The van der Waals surface area contributed by atoms with Crippen molar-refractivity contribution in [2.75, 3.05) is 18.2 Å². The second-order valence-electron chi connectivity index (χ2n) is 6.66. The Bertz CT molecular complexity index is 1230. The number of benzene rings is 3. The molecular weight excluding hydrogens is 512 g/mol. The fourth-order valence-corrected chi connectivity index (χ4v) is 4.25. The van der Waals surface area contributed by atoms with E-state index in [1.807, 2.05) is 77.4 Å². The molecule has 0 aliphatic carbocycles. The lowest BCUT2D eigenvalue weighted by Crippen LogP contribution is -2.15. The van der Waals surface area contributed by atoms with E-state index in [2.05, 4.69) is 31.4 Å². The van der Waals surface area contributed by atoms with Gasteiger partial charge in [-0.2, -0.15) is 0 Å². The van der Waals surface area contributed by atoms with Gasteiger partial charge in [-0.15, -0.1) is 10.2 Å². The SMILES string of the molecule is COc1ccc(-n2c(SCC(=O)Nc3ccccc3Br)nnc2-c2ccc(Cl)cc2)cc1. The standard InChI is InChI=1S/C23H18BrClN4O2S/c1-31-18-12-10-17(11-13-18)29-22(15-6-8-16(25)9-7-15)27-28-23(29)32-14-21(30)26-20-5-3-2-4-19(20)24/h2-13H,14H2,1H3,(H,26,30). The van der Waals surface area contributed by atoms with Gasteiger partial charge in [0.05, 0.1) is 18.6 Å². The van der Waals surface area contributed by atoms with Crippen LogP contribution in [0.5, 0.6) is 5.75 Å². The van der Waals surface area contributed by atoms with Crippen molar-refractivity contribution in [2.24, 2.45) is 0 Å². The van der Waals surface area contributed by atoms with Crippen molar-refractivity contribution >= 4 is 50.9 Å². The number of hydrogen-bond acceptors (Lipinski definition) is 5. The van der Waals surface area contributed by atoms with E-state index in [1.165, 1.54) is 11.8 Å². The maximum Gasteiger partial charge on any atom is 0.234 e. The van der Waals surface area contributed by atoms with Crippen molar-refractivity contribution in [2.45, 2.75) is 5.16 Å². The molecule has 4 aromatic rings. The molecule has 9 heteroatoms. The molecule has 1 N–H and O–H groups in total. The van der Waals surface area contributed by atoms with Crippen LogP contribution in [0.1, 0.15) is 0 Å². The molecule has 3 aromatic carbocycles. The summed E-state index contributed by atoms with van der Waals surface area (Å²) in [7, 11) is 1.62. The lowest BCUT2D eigenvalue weighted by molar-refractivity contribution is -0.113. The third-order valence-corrected chi connectivity index (χ3v) is 6.42. The van der Waals surface area contributed by atoms with Crippen LogP contribution in [0.4, 0.5) is 5.69 Å². The zero-order valence-electron chi connectivity index (χ0n) is 17.0. The minimum atomic E-state index is -0.140. The number of nitrogens with zero attached hydrogens (tertiary/aromatic N) is 3. The number of methoxy groups -OCH3 is 1. The number of carbonyl (C=O) groups is 1. The molecule has 0 saturated carbocycles. The van der Waals surface area contributed by atoms with E-state index in [4.69, 9.17) is 16.3 Å². The number of hydrogen-bond donors (Lipinski definition) is 1. The molecule has 1 amide bonds. The zero-order valence-corrected chi connectivity index (χ0v) is 20.1. The number of aromatic nitrogens is 3. The summed E-state index contributed by atoms with van der Waals surface area (Å²) in [5.41, 5.74) is 2.44. The molecule has 0 radical (unpaired) electrons. The number of anilines is 1. The maximum absolute atomic E-state index is 12.5. The summed E-state index contributed by atoms with van der Waals surface area (Å²) in [6.45, 7) is 0. The van der Waals surface area contributed by atoms with Gasteiger partial charge in [-0.1, -0.05) is 35.5 Å². The Hall–Kier alpha value is -2.81. The average molecular weight is 530 g/mol. The van der Waals surface area contributed by atoms with E-state index < -0.39 is 0 Å². The Morgan fingerprint density at radius 3 is 2.47 bits per heavy atom. The first-order chi connectivity index (χ1) is 15.5. The van der Waals surface area contributed by atoms with Gasteiger partial charge >= 0.3 is 0 Å². The highest BCUT2D eigenvalue weighted by molar-refractivity contribution is 9.10. The fraction of sp³-hybridized carbons (Fsp3) is 0.0870. The second kappa shape index (κ2) is 10.2. The number of halogens is 2. The average Bonchev–Trinajstić information content (AvgIpc) is 3.24. The lowest BCUT2D eigenvalue weighted by Gasteiger charge is -2.11. The van der Waals surface area contributed by atoms with E-state index in [-0.39, 0.29) is 11.7 Å². The predicted molar refractivity (Wildman–Crippen MR) is 132 cm³/mol. The first-order valence-electron chi connectivity index (χ1n) is 9.58. The van der Waals surface area contributed by atoms with Crippen molar-refractivity contribution in [1.82, 2.24) is 14.8 Å². The summed E-state index contributed by atoms with van der Waals surface area (Å²) in [6, 6.07) is 22.5. The quantitative estimate of drug-likeness (QED) is 0.293. The monoisotopic (exact) mass is 528 g/mol. The van der Waals surface area contributed by atoms with Gasteiger partial charge in [0, 0.05) is 20.7 Å². The topological polar surface area (TPSA) is 69.0 Å². The smallest absolute Gasteiger partial charge is 0.234 e. The van der Waals surface area contributed by atoms with Crippen LogP contribution in [0.25, 0.3) is 17.1 Å². The second-order valence-corrected chi connectivity index (χ2v) is 8.90. The van der Waals surface area contributed by atoms with Gasteiger partial charge < -0.3 is 10.1 Å². The van der Waals surface area contributed by atoms with Gasteiger partial charge in [0.1, 0.15) is 5.75 Å². The van der Waals surface area contributed by atoms with Gasteiger partial charge in [0.25, 0.3) is 0 Å². The number of rotatable bonds is 7. The molecule has 0 spiro atoms. The van der Waals surface area contributed by atoms with Crippen LogP contribution in [0.3, 0.4) is 0 Å². The number of amides is 1. The summed E-state index contributed by atoms with van der Waals surface area (Å²) in [4.78, 5) is 12.5. The normalized spacial score (nSPS) is 10.7. The van der Waals surface area contributed by atoms with Gasteiger partial charge in [-0.05, 0) is 76.6 Å². The molecule has 0 aliphatic rings. The summed E-state index contributed by atoms with van der Waals surface area (Å²) in [6.07, 6.45) is 0. The summed E-state index contributed by atoms with van der Waals surface area (Å²) in [5, 5.41) is 12.9. The molecule has 0 fully saturated rings. The van der Waals surface area contributed by atoms with Crippen LogP contribution in [-0.2, 0) is 4.79 Å². The molecule has 0 atom stereocenters. The van der Waals surface area contributed by atoms with Gasteiger partial charge in [0.15, 0.2) is 11.0 Å². The van der Waals surface area contributed by atoms with Crippen molar-refractivity contribution in [3.8, 4) is 22.8 Å². The minimum absolute atomic E-state index is 0.140. The van der Waals surface area contributed by atoms with Crippen molar-refractivity contribution in [1.29, 1.82) is 0 Å². The predicted octanol–water partition coefficient (Wildman–Crippen LogP) is 6.09. The molecule has 32 heavy (non-hydrogen) atoms. The molecule has 0 bridgehead atoms. The van der Waals surface area contributed by atoms with Gasteiger partial charge in [-0.3, -0.25) is 9.36 Å². The highest BCUT2D eigenvalue weighted by atomic mass is 79.9. The Labute approximate surface area is 203 Å². The molecule has 1 heterocycles. The number of carbonyl (C=O) groups excluding carboxylic acids is 1. The first-order valence-corrected chi connectivity index (χ1v) is 11.7. The zero-order chi connectivity index (χ0) is 22.5. The molecule has 162 valence electrons. The fourth-order valence-electron chi connectivity index (χ4n) is 2.99. The minimum Gasteiger partial charge on any atom is -0.497 e. The molecular formula is C23H18BrClN4O2S. The largest absolute Gasteiger partial charge is 0.497 e. The third kappa shape index (κ3) is 5.15. The van der Waals surface area contributed by atoms with E-state index in [0.29, 0.717) is 16.0 Å². The van der Waals surface area contributed by atoms with Gasteiger partial charge in [0.2, 0.25) is 5.91 Å². The van der Waals surface area contributed by atoms with Crippen molar-refractivity contribution in [3.05, 3.63) is 82.3 Å². The number of ether oxygens (including phenoxy) is 1. The van der Waals surface area contributed by atoms with Crippen LogP contribution in [-0.4, -0.2) is 33.5 Å². The molecule has 0 saturated heterocycles. The Morgan fingerprint density at radius 2 is 1.78 bits per heavy atom. The molecule has 4 rings (SSSR count). The Kier molecular flexibility index (Phi) is 7.14. The highest BCUT2D eigenvalue weighted by Gasteiger charge is 2.18. The van der Waals surface area contributed by atoms with E-state index in [9.17, 15) is 4.79 Å². The molecule has 6 nitrogen and oxygen atoms in total. The third-order valence-electron chi connectivity index (χ3n) is 4.55. The van der Waals surface area contributed by atoms with Crippen LogP contribution in [0.2, 0.25) is 5.02 Å². The van der Waals surface area contributed by atoms with E-state index in [0.717, 1.165) is 27.2 Å². The summed E-state index contributed by atoms with van der Waals surface area (Å²) >= 11 is 10.8. The Morgan fingerprint density at radius 1 is 1.06 bits per heavy atom. The van der Waals surface area contributed by atoms with Crippen LogP contribution in [0, 0.1) is 0 Å². The van der Waals surface area contributed by atoms with E-state index in [1.54, 1.807) is 7.11 Å². The number of nitrogens with one attached hydrogen (secondary N) is 1.